The minimum atomic E-state index is -1.00. The molecule has 0 spiro atoms. The fraction of sp³-hybridized carbons (Fsp3) is 0.370. The van der Waals surface area contributed by atoms with Crippen molar-refractivity contribution in [3.05, 3.63) is 83.6 Å². The van der Waals surface area contributed by atoms with Crippen LogP contribution in [0.1, 0.15) is 37.4 Å². The third kappa shape index (κ3) is 6.46. The molecule has 0 radical (unpaired) electrons. The molecule has 178 valence electrons. The SMILES string of the molecule is CC(C)CC(N/C=C(/C#N)C(=O)N1CCN(C(c2ccccc2)c2ccccc2)CC1)C(=O)O. The van der Waals surface area contributed by atoms with Crippen LogP contribution in [-0.4, -0.2) is 59.0 Å². The monoisotopic (exact) mass is 460 g/mol. The van der Waals surface area contributed by atoms with Crippen molar-refractivity contribution in [3.63, 3.8) is 0 Å². The van der Waals surface area contributed by atoms with Crippen molar-refractivity contribution in [3.8, 4) is 6.07 Å². The molecule has 3 rings (SSSR count). The quantitative estimate of drug-likeness (QED) is 0.440. The van der Waals surface area contributed by atoms with Gasteiger partial charge in [-0.3, -0.25) is 9.69 Å². The molecule has 1 saturated heterocycles. The molecule has 0 bridgehead atoms. The van der Waals surface area contributed by atoms with E-state index in [0.717, 1.165) is 0 Å². The smallest absolute Gasteiger partial charge is 0.326 e. The first-order valence-corrected chi connectivity index (χ1v) is 11.6. The van der Waals surface area contributed by atoms with Crippen LogP contribution in [0, 0.1) is 17.2 Å². The molecule has 34 heavy (non-hydrogen) atoms. The van der Waals surface area contributed by atoms with Crippen LogP contribution in [0.2, 0.25) is 0 Å². The van der Waals surface area contributed by atoms with E-state index in [0.29, 0.717) is 32.6 Å². The van der Waals surface area contributed by atoms with Gasteiger partial charge in [-0.05, 0) is 23.5 Å². The second-order valence-electron chi connectivity index (χ2n) is 8.91. The lowest BCUT2D eigenvalue weighted by atomic mass is 9.96. The van der Waals surface area contributed by atoms with E-state index < -0.39 is 12.0 Å². The van der Waals surface area contributed by atoms with Crippen molar-refractivity contribution in [2.75, 3.05) is 26.2 Å². The van der Waals surface area contributed by atoms with Crippen LogP contribution in [0.5, 0.6) is 0 Å². The van der Waals surface area contributed by atoms with E-state index >= 15 is 0 Å². The van der Waals surface area contributed by atoms with E-state index in [4.69, 9.17) is 0 Å². The van der Waals surface area contributed by atoms with Gasteiger partial charge in [0.25, 0.3) is 5.91 Å². The zero-order chi connectivity index (χ0) is 24.5. The first kappa shape index (κ1) is 25.0. The zero-order valence-electron chi connectivity index (χ0n) is 19.7. The Morgan fingerprint density at radius 2 is 1.53 bits per heavy atom. The number of carboxylic acid groups (broad SMARTS) is 1. The molecule has 0 aromatic heterocycles. The van der Waals surface area contributed by atoms with Gasteiger partial charge in [0, 0.05) is 32.4 Å². The predicted molar refractivity (Wildman–Crippen MR) is 131 cm³/mol. The first-order chi connectivity index (χ1) is 16.4. The number of nitrogens with one attached hydrogen (secondary N) is 1. The van der Waals surface area contributed by atoms with Crippen LogP contribution in [-0.2, 0) is 9.59 Å². The first-order valence-electron chi connectivity index (χ1n) is 11.6. The van der Waals surface area contributed by atoms with Crippen LogP contribution in [0.15, 0.2) is 72.4 Å². The molecular formula is C27H32N4O3. The van der Waals surface area contributed by atoms with E-state index in [1.165, 1.54) is 17.3 Å². The summed E-state index contributed by atoms with van der Waals surface area (Å²) in [6.45, 7) is 6.16. The van der Waals surface area contributed by atoms with Crippen molar-refractivity contribution in [2.45, 2.75) is 32.4 Å². The predicted octanol–water partition coefficient (Wildman–Crippen LogP) is 3.42. The lowest BCUT2D eigenvalue weighted by Crippen LogP contribution is -2.50. The number of amides is 1. The number of carboxylic acids is 1. The van der Waals surface area contributed by atoms with Gasteiger partial charge in [0.05, 0.1) is 6.04 Å². The molecule has 7 nitrogen and oxygen atoms in total. The van der Waals surface area contributed by atoms with Gasteiger partial charge in [-0.2, -0.15) is 5.26 Å². The molecule has 0 saturated carbocycles. The summed E-state index contributed by atoms with van der Waals surface area (Å²) >= 11 is 0. The van der Waals surface area contributed by atoms with Gasteiger partial charge < -0.3 is 15.3 Å². The maximum atomic E-state index is 13.0. The number of aliphatic carboxylic acids is 1. The highest BCUT2D eigenvalue weighted by Crippen LogP contribution is 2.29. The van der Waals surface area contributed by atoms with Gasteiger partial charge in [0.1, 0.15) is 17.7 Å². The van der Waals surface area contributed by atoms with Crippen molar-refractivity contribution >= 4 is 11.9 Å². The summed E-state index contributed by atoms with van der Waals surface area (Å²) in [6, 6.07) is 21.8. The number of piperazine rings is 1. The highest BCUT2D eigenvalue weighted by Gasteiger charge is 2.29. The Morgan fingerprint density at radius 3 is 1.97 bits per heavy atom. The van der Waals surface area contributed by atoms with Gasteiger partial charge in [-0.15, -0.1) is 0 Å². The summed E-state index contributed by atoms with van der Waals surface area (Å²) in [7, 11) is 0. The number of rotatable bonds is 9. The topological polar surface area (TPSA) is 96.7 Å². The molecule has 1 amide bonds. The Hall–Kier alpha value is -3.63. The Kier molecular flexibility index (Phi) is 8.83. The van der Waals surface area contributed by atoms with E-state index in [9.17, 15) is 20.0 Å². The normalized spacial score (nSPS) is 15.7. The zero-order valence-corrected chi connectivity index (χ0v) is 19.7. The maximum absolute atomic E-state index is 13.0. The van der Waals surface area contributed by atoms with Crippen molar-refractivity contribution in [2.24, 2.45) is 5.92 Å². The van der Waals surface area contributed by atoms with Crippen LogP contribution >= 0.6 is 0 Å². The highest BCUT2D eigenvalue weighted by molar-refractivity contribution is 5.97. The fourth-order valence-corrected chi connectivity index (χ4v) is 4.28. The summed E-state index contributed by atoms with van der Waals surface area (Å²) in [5.74, 6) is -1.21. The summed E-state index contributed by atoms with van der Waals surface area (Å²) in [5, 5.41) is 21.7. The van der Waals surface area contributed by atoms with Gasteiger partial charge in [-0.1, -0.05) is 74.5 Å². The molecule has 2 N–H and O–H groups in total. The summed E-state index contributed by atoms with van der Waals surface area (Å²) < 4.78 is 0. The van der Waals surface area contributed by atoms with E-state index in [2.05, 4.69) is 34.5 Å². The van der Waals surface area contributed by atoms with Crippen LogP contribution < -0.4 is 5.32 Å². The molecule has 2 aromatic carbocycles. The van der Waals surface area contributed by atoms with E-state index in [1.807, 2.05) is 56.3 Å². The van der Waals surface area contributed by atoms with Crippen molar-refractivity contribution in [1.29, 1.82) is 5.26 Å². The number of carbonyl (C=O) groups is 2. The highest BCUT2D eigenvalue weighted by atomic mass is 16.4. The average Bonchev–Trinajstić information content (AvgIpc) is 2.85. The molecule has 1 atom stereocenters. The molecule has 1 heterocycles. The third-order valence-corrected chi connectivity index (χ3v) is 5.98. The number of benzene rings is 2. The van der Waals surface area contributed by atoms with Gasteiger partial charge in [0.2, 0.25) is 0 Å². The summed E-state index contributed by atoms with van der Waals surface area (Å²) in [6.07, 6.45) is 1.66. The van der Waals surface area contributed by atoms with Gasteiger partial charge >= 0.3 is 5.97 Å². The lowest BCUT2D eigenvalue weighted by Gasteiger charge is -2.39. The Morgan fingerprint density at radius 1 is 1.00 bits per heavy atom. The summed E-state index contributed by atoms with van der Waals surface area (Å²) in [5.41, 5.74) is 2.31. The molecule has 0 aliphatic carbocycles. The molecule has 1 aliphatic heterocycles. The fourth-order valence-electron chi connectivity index (χ4n) is 4.28. The molecule has 1 unspecified atom stereocenters. The van der Waals surface area contributed by atoms with Crippen LogP contribution in [0.3, 0.4) is 0 Å². The lowest BCUT2D eigenvalue weighted by molar-refractivity contribution is -0.139. The van der Waals surface area contributed by atoms with E-state index in [1.54, 1.807) is 4.90 Å². The third-order valence-electron chi connectivity index (χ3n) is 5.98. The molecule has 7 heteroatoms. The minimum Gasteiger partial charge on any atom is -0.480 e. The Labute approximate surface area is 201 Å². The molecule has 1 aliphatic rings. The summed E-state index contributed by atoms with van der Waals surface area (Å²) in [4.78, 5) is 28.5. The number of hydrogen-bond acceptors (Lipinski definition) is 5. The Bertz CT molecular complexity index is 983. The maximum Gasteiger partial charge on any atom is 0.326 e. The number of carbonyl (C=O) groups excluding carboxylic acids is 1. The largest absolute Gasteiger partial charge is 0.480 e. The number of nitriles is 1. The van der Waals surface area contributed by atoms with E-state index in [-0.39, 0.29) is 23.4 Å². The second-order valence-corrected chi connectivity index (χ2v) is 8.91. The van der Waals surface area contributed by atoms with Gasteiger partial charge in [-0.25, -0.2) is 4.79 Å². The van der Waals surface area contributed by atoms with Crippen molar-refractivity contribution in [1.82, 2.24) is 15.1 Å². The molecule has 1 fully saturated rings. The number of nitrogens with zero attached hydrogens (tertiary/aromatic N) is 3. The molecule has 2 aromatic rings. The molecular weight excluding hydrogens is 428 g/mol. The second kappa shape index (κ2) is 12.0. The average molecular weight is 461 g/mol. The van der Waals surface area contributed by atoms with Crippen molar-refractivity contribution < 1.29 is 14.7 Å². The van der Waals surface area contributed by atoms with Crippen LogP contribution in [0.25, 0.3) is 0 Å². The number of hydrogen-bond donors (Lipinski definition) is 2. The minimum absolute atomic E-state index is 0.0777. The standard InChI is InChI=1S/C27H32N4O3/c1-20(2)17-24(27(33)34)29-19-23(18-28)26(32)31-15-13-30(14-16-31)25(21-9-5-3-6-10-21)22-11-7-4-8-12-22/h3-12,19-20,24-25,29H,13-17H2,1-2H3,(H,33,34)/b23-19-. The van der Waals surface area contributed by atoms with Gasteiger partial charge in [0.15, 0.2) is 0 Å². The van der Waals surface area contributed by atoms with Crippen LogP contribution in [0.4, 0.5) is 0 Å². The Balaban J connectivity index is 1.69.